The van der Waals surface area contributed by atoms with Crippen molar-refractivity contribution in [1.29, 1.82) is 0 Å². The molecular weight excluding hydrogens is 310 g/mol. The summed E-state index contributed by atoms with van der Waals surface area (Å²) in [5.41, 5.74) is 1.75. The second kappa shape index (κ2) is 5.48. The summed E-state index contributed by atoms with van der Waals surface area (Å²) in [5, 5.41) is 19.3. The Morgan fingerprint density at radius 2 is 1.91 bits per heavy atom. The number of fused-ring (bicyclic) bond motifs is 1. The molecule has 2 unspecified atom stereocenters. The average molecular weight is 326 g/mol. The van der Waals surface area contributed by atoms with Gasteiger partial charge < -0.3 is 5.11 Å². The molecule has 0 bridgehead atoms. The van der Waals surface area contributed by atoms with Crippen molar-refractivity contribution in [2.75, 3.05) is 0 Å². The molecule has 0 saturated heterocycles. The smallest absolute Gasteiger partial charge is 0.137 e. The van der Waals surface area contributed by atoms with Crippen LogP contribution in [0.1, 0.15) is 34.9 Å². The van der Waals surface area contributed by atoms with Crippen molar-refractivity contribution in [2.24, 2.45) is 0 Å². The molecule has 0 saturated carbocycles. The van der Waals surface area contributed by atoms with Crippen molar-refractivity contribution in [3.8, 4) is 0 Å². The summed E-state index contributed by atoms with van der Waals surface area (Å²) in [6.07, 6.45) is 3.18. The van der Waals surface area contributed by atoms with Crippen molar-refractivity contribution in [3.05, 3.63) is 82.4 Å². The lowest BCUT2D eigenvalue weighted by Gasteiger charge is -2.41. The number of aromatic amines is 1. The summed E-state index contributed by atoms with van der Waals surface area (Å²) in [4.78, 5) is 4.30. The zero-order valence-electron chi connectivity index (χ0n) is 12.4. The SMILES string of the molecule is OC1(c2ccc(Cl)cc2)c2ccccc2CCC1c1ncn[nH]1. The largest absolute Gasteiger partial charge is 0.380 e. The van der Waals surface area contributed by atoms with Crippen molar-refractivity contribution >= 4 is 11.6 Å². The first-order chi connectivity index (χ1) is 11.2. The number of halogens is 1. The molecule has 2 N–H and O–H groups in total. The number of H-pyrrole nitrogens is 1. The van der Waals surface area contributed by atoms with Crippen LogP contribution >= 0.6 is 11.6 Å². The number of aromatic nitrogens is 3. The molecule has 1 aliphatic carbocycles. The Labute approximate surface area is 139 Å². The van der Waals surface area contributed by atoms with Crippen LogP contribution in [0.2, 0.25) is 5.02 Å². The second-order valence-corrected chi connectivity index (χ2v) is 6.33. The van der Waals surface area contributed by atoms with E-state index in [1.54, 1.807) is 0 Å². The molecule has 0 amide bonds. The molecular formula is C18H16ClN3O. The van der Waals surface area contributed by atoms with Gasteiger partial charge >= 0.3 is 0 Å². The second-order valence-electron chi connectivity index (χ2n) is 5.89. The Morgan fingerprint density at radius 1 is 1.13 bits per heavy atom. The van der Waals surface area contributed by atoms with Gasteiger partial charge in [0.25, 0.3) is 0 Å². The van der Waals surface area contributed by atoms with Gasteiger partial charge in [-0.1, -0.05) is 48.0 Å². The van der Waals surface area contributed by atoms with Gasteiger partial charge in [-0.3, -0.25) is 5.10 Å². The molecule has 0 aliphatic heterocycles. The predicted molar refractivity (Wildman–Crippen MR) is 88.3 cm³/mol. The number of aliphatic hydroxyl groups is 1. The first-order valence-corrected chi connectivity index (χ1v) is 7.99. The minimum absolute atomic E-state index is 0.180. The summed E-state index contributed by atoms with van der Waals surface area (Å²) in [7, 11) is 0. The zero-order chi connectivity index (χ0) is 15.9. The molecule has 2 atom stereocenters. The number of aryl methyl sites for hydroxylation is 1. The molecule has 23 heavy (non-hydrogen) atoms. The van der Waals surface area contributed by atoms with E-state index in [4.69, 9.17) is 11.6 Å². The van der Waals surface area contributed by atoms with Gasteiger partial charge in [-0.2, -0.15) is 5.10 Å². The third kappa shape index (κ3) is 2.26. The fraction of sp³-hybridized carbons (Fsp3) is 0.222. The summed E-state index contributed by atoms with van der Waals surface area (Å²) >= 11 is 6.02. The van der Waals surface area contributed by atoms with Gasteiger partial charge in [0.15, 0.2) is 0 Å². The highest BCUT2D eigenvalue weighted by Crippen LogP contribution is 2.48. The molecule has 1 heterocycles. The highest BCUT2D eigenvalue weighted by atomic mass is 35.5. The summed E-state index contributed by atoms with van der Waals surface area (Å²) in [6.45, 7) is 0. The monoisotopic (exact) mass is 325 g/mol. The standard InChI is InChI=1S/C18H16ClN3O/c19-14-8-6-13(7-9-14)18(23)15-4-2-1-3-12(15)5-10-16(18)17-20-11-21-22-17/h1-4,6-9,11,16,23H,5,10H2,(H,20,21,22). The summed E-state index contributed by atoms with van der Waals surface area (Å²) in [5.74, 6) is 0.526. The summed E-state index contributed by atoms with van der Waals surface area (Å²) < 4.78 is 0. The number of nitrogens with one attached hydrogen (secondary N) is 1. The molecule has 1 aliphatic rings. The Balaban J connectivity index is 1.94. The van der Waals surface area contributed by atoms with E-state index in [2.05, 4.69) is 21.2 Å². The number of rotatable bonds is 2. The van der Waals surface area contributed by atoms with Crippen molar-refractivity contribution < 1.29 is 5.11 Å². The van der Waals surface area contributed by atoms with E-state index in [0.29, 0.717) is 10.8 Å². The van der Waals surface area contributed by atoms with E-state index in [1.165, 1.54) is 11.9 Å². The number of hydrogen-bond donors (Lipinski definition) is 2. The van der Waals surface area contributed by atoms with Crippen LogP contribution in [0, 0.1) is 0 Å². The fourth-order valence-electron chi connectivity index (χ4n) is 3.58. The van der Waals surface area contributed by atoms with E-state index < -0.39 is 5.60 Å². The van der Waals surface area contributed by atoms with Gasteiger partial charge in [-0.05, 0) is 41.7 Å². The number of benzene rings is 2. The molecule has 116 valence electrons. The molecule has 3 aromatic rings. The van der Waals surface area contributed by atoms with Crippen LogP contribution in [0.5, 0.6) is 0 Å². The normalized spacial score (nSPS) is 23.5. The van der Waals surface area contributed by atoms with Gasteiger partial charge in [0, 0.05) is 5.02 Å². The fourth-order valence-corrected chi connectivity index (χ4v) is 3.71. The highest BCUT2D eigenvalue weighted by molar-refractivity contribution is 6.30. The molecule has 2 aromatic carbocycles. The van der Waals surface area contributed by atoms with Crippen LogP contribution in [0.3, 0.4) is 0 Å². The van der Waals surface area contributed by atoms with E-state index in [1.807, 2.05) is 42.5 Å². The quantitative estimate of drug-likeness (QED) is 0.759. The lowest BCUT2D eigenvalue weighted by Crippen LogP contribution is -2.39. The third-order valence-electron chi connectivity index (χ3n) is 4.68. The van der Waals surface area contributed by atoms with Gasteiger partial charge in [-0.25, -0.2) is 4.98 Å². The van der Waals surface area contributed by atoms with Crippen LogP contribution in [-0.2, 0) is 12.0 Å². The Hall–Kier alpha value is -2.17. The maximum absolute atomic E-state index is 11.8. The molecule has 4 rings (SSSR count). The Morgan fingerprint density at radius 3 is 2.65 bits per heavy atom. The van der Waals surface area contributed by atoms with Crippen LogP contribution in [0.15, 0.2) is 54.9 Å². The highest BCUT2D eigenvalue weighted by Gasteiger charge is 2.46. The van der Waals surface area contributed by atoms with Gasteiger partial charge in [0.05, 0.1) is 5.92 Å². The molecule has 4 nitrogen and oxygen atoms in total. The predicted octanol–water partition coefficient (Wildman–Crippen LogP) is 3.42. The topological polar surface area (TPSA) is 61.8 Å². The van der Waals surface area contributed by atoms with E-state index in [9.17, 15) is 5.11 Å². The third-order valence-corrected chi connectivity index (χ3v) is 4.93. The van der Waals surface area contributed by atoms with Crippen molar-refractivity contribution in [2.45, 2.75) is 24.4 Å². The van der Waals surface area contributed by atoms with E-state index >= 15 is 0 Å². The molecule has 5 heteroatoms. The van der Waals surface area contributed by atoms with Gasteiger partial charge in [0.2, 0.25) is 0 Å². The lowest BCUT2D eigenvalue weighted by molar-refractivity contribution is 0.0354. The number of hydrogen-bond acceptors (Lipinski definition) is 3. The van der Waals surface area contributed by atoms with E-state index in [0.717, 1.165) is 24.0 Å². The zero-order valence-corrected chi connectivity index (χ0v) is 13.2. The maximum atomic E-state index is 11.8. The summed E-state index contributed by atoms with van der Waals surface area (Å²) in [6, 6.07) is 15.4. The van der Waals surface area contributed by atoms with Crippen LogP contribution in [-0.4, -0.2) is 20.3 Å². The van der Waals surface area contributed by atoms with Gasteiger partial charge in [0.1, 0.15) is 17.8 Å². The van der Waals surface area contributed by atoms with Crippen molar-refractivity contribution in [3.63, 3.8) is 0 Å². The van der Waals surface area contributed by atoms with Crippen molar-refractivity contribution in [1.82, 2.24) is 15.2 Å². The molecule has 0 radical (unpaired) electrons. The first-order valence-electron chi connectivity index (χ1n) is 7.61. The molecule has 0 spiro atoms. The van der Waals surface area contributed by atoms with Crippen LogP contribution in [0.25, 0.3) is 0 Å². The Bertz CT molecular complexity index is 817. The minimum Gasteiger partial charge on any atom is -0.380 e. The van der Waals surface area contributed by atoms with Gasteiger partial charge in [-0.15, -0.1) is 0 Å². The Kier molecular flexibility index (Phi) is 3.43. The van der Waals surface area contributed by atoms with E-state index in [-0.39, 0.29) is 5.92 Å². The molecule has 0 fully saturated rings. The number of nitrogens with zero attached hydrogens (tertiary/aromatic N) is 2. The molecule has 1 aromatic heterocycles. The van der Waals surface area contributed by atoms with Crippen LogP contribution in [0.4, 0.5) is 0 Å². The first kappa shape index (κ1) is 14.4. The lowest BCUT2D eigenvalue weighted by atomic mass is 9.68. The maximum Gasteiger partial charge on any atom is 0.137 e. The average Bonchev–Trinajstić information content (AvgIpc) is 3.10. The van der Waals surface area contributed by atoms with Crippen LogP contribution < -0.4 is 0 Å². The minimum atomic E-state index is -1.15.